The number of anilines is 5. The lowest BCUT2D eigenvalue weighted by atomic mass is 9.94. The Morgan fingerprint density at radius 3 is 1.64 bits per heavy atom. The van der Waals surface area contributed by atoms with E-state index in [1.807, 2.05) is 0 Å². The molecule has 0 saturated carbocycles. The molecule has 0 spiro atoms. The Morgan fingerprint density at radius 1 is 0.543 bits per heavy atom. The topological polar surface area (TPSA) is 644 Å². The number of phosphoric ester groups is 1. The van der Waals surface area contributed by atoms with E-state index in [9.17, 15) is 39.1 Å². The molecule has 116 heavy (non-hydrogen) atoms. The molecule has 0 aliphatic carbocycles. The van der Waals surface area contributed by atoms with Gasteiger partial charge >= 0.3 is 39.4 Å². The van der Waals surface area contributed by atoms with E-state index in [-0.39, 0.29) is 84.4 Å². The van der Waals surface area contributed by atoms with E-state index in [1.54, 1.807) is 25.3 Å². The molecule has 0 aromatic carbocycles. The highest BCUT2D eigenvalue weighted by atomic mass is 32.5. The molecule has 8 aromatic rings. The molecule has 8 aromatic heterocycles. The number of aromatic nitrogens is 16. The molecule has 7 saturated heterocycles. The Morgan fingerprint density at radius 2 is 1.03 bits per heavy atom. The van der Waals surface area contributed by atoms with Crippen molar-refractivity contribution < 1.29 is 118 Å². The molecule has 16 N–H and O–H groups in total. The lowest BCUT2D eigenvalue weighted by Gasteiger charge is -2.38. The highest BCUT2D eigenvalue weighted by Gasteiger charge is 2.71. The highest BCUT2D eigenvalue weighted by molar-refractivity contribution is 8.07. The third kappa shape index (κ3) is 16.2. The summed E-state index contributed by atoms with van der Waals surface area (Å²) in [6.07, 6.45) is -16.4. The molecule has 7 aliphatic rings. The average molecular weight is 1760 g/mol. The van der Waals surface area contributed by atoms with Gasteiger partial charge < -0.3 is 124 Å². The van der Waals surface area contributed by atoms with Crippen LogP contribution in [0.2, 0.25) is 0 Å². The number of ether oxygens (including phenoxy) is 11. The van der Waals surface area contributed by atoms with Gasteiger partial charge in [-0.3, -0.25) is 50.7 Å². The number of aliphatic hydroxyl groups is 1. The first-order valence-corrected chi connectivity index (χ1v) is 44.7. The number of nitrogens with two attached hydrogens (primary N) is 5. The fourth-order valence-electron chi connectivity index (χ4n) is 14.9. The van der Waals surface area contributed by atoms with E-state index in [0.29, 0.717) is 22.3 Å². The maximum absolute atomic E-state index is 15.2. The number of phosphoric acid groups is 1. The maximum Gasteiger partial charge on any atom is 0.472 e. The number of hydrogen-bond donors (Lipinski definition) is 11. The molecule has 9 unspecified atom stereocenters. The van der Waals surface area contributed by atoms with Crippen molar-refractivity contribution in [2.45, 2.75) is 169 Å². The molecule has 632 valence electrons. The fraction of sp³-hybridized carbons (Fsp3) is 0.617. The quantitative estimate of drug-likeness (QED) is 0.0171. The number of nitrogens with zero attached hydrogens (tertiary/aromatic N) is 15. The average Bonchev–Trinajstić information content (AvgIpc) is 1.55. The van der Waals surface area contributed by atoms with Gasteiger partial charge in [-0.05, 0) is 70.0 Å². The number of aromatic amines is 1. The molecule has 7 fully saturated rings. The molecular formula is C60H81N21O28P4S3. The van der Waals surface area contributed by atoms with Crippen molar-refractivity contribution in [1.82, 2.24) is 77.7 Å². The minimum atomic E-state index is -5.64. The standard InChI is InChI=1S/C60H81N21O28P4S3/c1-24-13-77(57(84)73-44(24)61)52-38(93-10-8-91-6)36(82)30(102-52)15-95-111(88,114)107-37-31(103-53(39(37)94-11-9-92-7)81-23-72-35-50(81)75-56(65)76-51(35)83)16-96-112(89,115)109-43-41-55(80-22-71-34-47(64)67-20-69-49(34)80)105-59(43,27(4)101-41)17-97-110(86,87)108-42-40-54(78-14-25(2)45(62)74-58(78)85)104-60(42,28(5)100-40)18-98-113(90,116)106-29-12-32(99-26(29)3)79-21-70-33-46(63)66-19-68-48(33)79/h13-14,19-23,26-32,36-43,52-55,82H,8-12,15-18H2,1-7H3,(H,86,87)(H,88,114)(H,89,115)(H,90,116)(H2,61,73,84)(H2,62,74,85)(H2,63,66,68)(H2,64,67,69)(H3,65,75,76,83)/t26-,27+,28+,29?,30-,31-,32-,36?,37?,38+,39+,40+,41+,42?,43?,52-,53-,54-,55-,59+,60+,111?,112?,113?/m1/s1. The number of hydrogen-bond acceptors (Lipinski definition) is 42. The zero-order valence-electron chi connectivity index (χ0n) is 62.1. The van der Waals surface area contributed by atoms with Gasteiger partial charge in [-0.15, -0.1) is 0 Å². The molecule has 49 nitrogen and oxygen atoms in total. The third-order valence-electron chi connectivity index (χ3n) is 20.7. The number of rotatable bonds is 33. The van der Waals surface area contributed by atoms with Gasteiger partial charge in [0, 0.05) is 44.2 Å². The number of aliphatic hydroxyl groups excluding tert-OH is 1. The Bertz CT molecular complexity index is 5430. The number of imidazole rings is 3. The van der Waals surface area contributed by atoms with Crippen molar-refractivity contribution in [2.24, 2.45) is 0 Å². The van der Waals surface area contributed by atoms with Gasteiger partial charge in [0.15, 0.2) is 59.0 Å². The first-order chi connectivity index (χ1) is 55.0. The zero-order valence-corrected chi connectivity index (χ0v) is 68.1. The number of fused-ring (bicyclic) bond motifs is 7. The van der Waals surface area contributed by atoms with E-state index in [1.165, 1.54) is 74.9 Å². The van der Waals surface area contributed by atoms with E-state index >= 15 is 4.57 Å². The highest BCUT2D eigenvalue weighted by Crippen LogP contribution is 2.63. The first kappa shape index (κ1) is 84.4. The summed E-state index contributed by atoms with van der Waals surface area (Å²) < 4.78 is 139. The lowest BCUT2D eigenvalue weighted by Crippen LogP contribution is -2.51. The van der Waals surface area contributed by atoms with Crippen molar-refractivity contribution in [1.29, 1.82) is 0 Å². The zero-order chi connectivity index (χ0) is 82.6. The van der Waals surface area contributed by atoms with E-state index in [4.69, 9.17) is 152 Å². The number of H-pyrrole nitrogens is 1. The molecular weight excluding hydrogens is 1680 g/mol. The minimum absolute atomic E-state index is 0.0319. The van der Waals surface area contributed by atoms with Crippen molar-refractivity contribution in [3.05, 3.63) is 86.5 Å². The van der Waals surface area contributed by atoms with Gasteiger partial charge in [-0.2, -0.15) is 15.0 Å². The van der Waals surface area contributed by atoms with E-state index < -0.39 is 199 Å². The summed E-state index contributed by atoms with van der Waals surface area (Å²) in [5.74, 6) is -0.378. The Labute approximate surface area is 669 Å². The van der Waals surface area contributed by atoms with Gasteiger partial charge in [-0.25, -0.2) is 49.0 Å². The Balaban J connectivity index is 0.705. The van der Waals surface area contributed by atoms with Crippen molar-refractivity contribution in [3.8, 4) is 0 Å². The van der Waals surface area contributed by atoms with Crippen molar-refractivity contribution in [2.75, 3.05) is 95.7 Å². The third-order valence-corrected chi connectivity index (χ3v) is 26.3. The van der Waals surface area contributed by atoms with Crippen LogP contribution in [-0.2, 0) is 128 Å². The number of nitrogen functional groups attached to an aromatic ring is 5. The van der Waals surface area contributed by atoms with Crippen LogP contribution in [0.5, 0.6) is 0 Å². The summed E-state index contributed by atoms with van der Waals surface area (Å²) in [6.45, 7) is -9.76. The summed E-state index contributed by atoms with van der Waals surface area (Å²) in [4.78, 5) is 133. The molecule has 0 amide bonds. The SMILES string of the molecule is COCCO[C@H]1C(O)[C@@H](COP(O)(=S)OC2[C@@H](COP(O)(=S)OC3[C@@H]4O[C@@H](C)[C@]3(COP(=O)(O)OC3[C@@H]5O[C@@H](C)[C@]3(COP(O)(=S)OC3C[C@H](n6cnc7c(N)ncnc76)O[C@@H]3C)O[C@H]5n3cc(C)c(N)nc3=O)O[C@H]4n3cnc4c(N)ncnc43)O[C@@H](n3cnc4c(=O)[nH]c(N)nc43)[C@H]2OCCOC)O[C@H]1n1cc(C)c(N)nc1=O. The van der Waals surface area contributed by atoms with Gasteiger partial charge in [0.05, 0.1) is 96.3 Å². The lowest BCUT2D eigenvalue weighted by molar-refractivity contribution is -0.218. The van der Waals surface area contributed by atoms with Crippen LogP contribution in [0, 0.1) is 13.8 Å². The summed E-state index contributed by atoms with van der Waals surface area (Å²) in [7, 11) is -2.82. The normalized spacial score (nSPS) is 33.1. The number of methoxy groups -OCH3 is 2. The second-order valence-corrected chi connectivity index (χ2v) is 37.7. The maximum atomic E-state index is 15.2. The van der Waals surface area contributed by atoms with Crippen LogP contribution >= 0.6 is 28.0 Å². The van der Waals surface area contributed by atoms with E-state index in [0.717, 1.165) is 15.5 Å². The largest absolute Gasteiger partial charge is 0.472 e. The molecule has 15 heterocycles. The van der Waals surface area contributed by atoms with Crippen LogP contribution in [0.1, 0.15) is 69.5 Å². The van der Waals surface area contributed by atoms with E-state index in [2.05, 4.69) is 54.8 Å². The number of aryl methyl sites for hydroxylation is 2. The van der Waals surface area contributed by atoms with Gasteiger partial charge in [0.2, 0.25) is 5.95 Å². The van der Waals surface area contributed by atoms with Gasteiger partial charge in [0.25, 0.3) is 5.56 Å². The number of nitrogens with one attached hydrogen (secondary N) is 1. The van der Waals surface area contributed by atoms with Crippen LogP contribution < -0.4 is 45.6 Å². The molecule has 0 radical (unpaired) electrons. The van der Waals surface area contributed by atoms with Crippen LogP contribution in [-0.4, -0.2) is 266 Å². The van der Waals surface area contributed by atoms with Gasteiger partial charge in [0.1, 0.15) is 114 Å². The summed E-state index contributed by atoms with van der Waals surface area (Å²) in [6, 6.07) is 0. The Kier molecular flexibility index (Phi) is 23.9. The fourth-order valence-corrected chi connectivity index (χ4v) is 20.3. The molecule has 15 rings (SSSR count). The minimum Gasteiger partial charge on any atom is -0.387 e. The summed E-state index contributed by atoms with van der Waals surface area (Å²) >= 11 is 17.2. The monoisotopic (exact) mass is 1760 g/mol. The van der Waals surface area contributed by atoms with Crippen molar-refractivity contribution in [3.63, 3.8) is 0 Å². The second-order valence-electron chi connectivity index (χ2n) is 27.9. The smallest absolute Gasteiger partial charge is 0.387 e. The Hall–Kier alpha value is -6.57. The summed E-state index contributed by atoms with van der Waals surface area (Å²) in [5.41, 5.74) is 24.9. The summed E-state index contributed by atoms with van der Waals surface area (Å²) in [5, 5.41) is 11.8. The van der Waals surface area contributed by atoms with Gasteiger partial charge in [-0.1, -0.05) is 0 Å². The predicted octanol–water partition coefficient (Wildman–Crippen LogP) is -1.16. The molecule has 25 atom stereocenters. The van der Waals surface area contributed by atoms with Crippen LogP contribution in [0.25, 0.3) is 33.5 Å². The van der Waals surface area contributed by atoms with Crippen LogP contribution in [0.15, 0.2) is 58.4 Å². The van der Waals surface area contributed by atoms with Crippen LogP contribution in [0.3, 0.4) is 0 Å². The first-order valence-electron chi connectivity index (χ1n) is 35.5. The molecule has 56 heteroatoms. The molecule has 4 bridgehead atoms. The second kappa shape index (κ2) is 32.8. The van der Waals surface area contributed by atoms with Crippen molar-refractivity contribution >= 4 is 126 Å². The predicted molar refractivity (Wildman–Crippen MR) is 406 cm³/mol. The van der Waals surface area contributed by atoms with Crippen LogP contribution in [0.4, 0.5) is 29.2 Å². The molecule has 7 aliphatic heterocycles.